The molecule has 1 unspecified atom stereocenters. The van der Waals surface area contributed by atoms with Crippen molar-refractivity contribution in [1.82, 2.24) is 9.55 Å². The Kier molecular flexibility index (Phi) is 3.35. The lowest BCUT2D eigenvalue weighted by atomic mass is 10.3. The summed E-state index contributed by atoms with van der Waals surface area (Å²) in [4.78, 5) is 4.08. The molecule has 1 aromatic heterocycles. The van der Waals surface area contributed by atoms with Gasteiger partial charge in [-0.25, -0.2) is 4.98 Å². The van der Waals surface area contributed by atoms with Gasteiger partial charge < -0.3 is 20.5 Å². The Morgan fingerprint density at radius 3 is 3.00 bits per heavy atom. The van der Waals surface area contributed by atoms with Crippen LogP contribution in [0.2, 0.25) is 0 Å². The molecule has 0 aromatic carbocycles. The molecule has 6 heteroatoms. The zero-order valence-corrected chi connectivity index (χ0v) is 7.74. The number of aliphatic hydroxyl groups is 2. The van der Waals surface area contributed by atoms with Gasteiger partial charge in [-0.1, -0.05) is 12.2 Å². The van der Waals surface area contributed by atoms with Crippen LogP contribution in [-0.4, -0.2) is 37.5 Å². The molecule has 0 amide bonds. The maximum absolute atomic E-state index is 9.15. The Labute approximate surface area is 80.8 Å². The second kappa shape index (κ2) is 4.31. The van der Waals surface area contributed by atoms with E-state index >= 15 is 0 Å². The van der Waals surface area contributed by atoms with Crippen molar-refractivity contribution in [2.24, 2.45) is 5.73 Å². The van der Waals surface area contributed by atoms with E-state index in [1.165, 1.54) is 0 Å². The van der Waals surface area contributed by atoms with E-state index in [0.717, 1.165) is 0 Å². The first kappa shape index (κ1) is 10.1. The maximum Gasteiger partial charge on any atom is 0.167 e. The van der Waals surface area contributed by atoms with Crippen molar-refractivity contribution in [3.63, 3.8) is 0 Å². The third kappa shape index (κ3) is 2.48. The number of hydrogen-bond donors (Lipinski definition) is 3. The molecule has 0 aliphatic rings. The molecular weight excluding hydrogens is 190 g/mol. The fourth-order valence-electron chi connectivity index (χ4n) is 0.966. The molecule has 0 bridgehead atoms. The van der Waals surface area contributed by atoms with Crippen LogP contribution in [0.3, 0.4) is 0 Å². The second-order valence-electron chi connectivity index (χ2n) is 2.60. The second-order valence-corrected chi connectivity index (χ2v) is 3.04. The van der Waals surface area contributed by atoms with Crippen LogP contribution in [0.15, 0.2) is 12.4 Å². The van der Waals surface area contributed by atoms with Crippen LogP contribution in [0.4, 0.5) is 0 Å². The molecule has 4 N–H and O–H groups in total. The molecular formula is C7H11N3O2S. The molecule has 0 aliphatic heterocycles. The molecule has 13 heavy (non-hydrogen) atoms. The summed E-state index contributed by atoms with van der Waals surface area (Å²) in [5.41, 5.74) is 5.38. The maximum atomic E-state index is 9.15. The van der Waals surface area contributed by atoms with Gasteiger partial charge in [-0.2, -0.15) is 0 Å². The molecule has 0 saturated heterocycles. The molecule has 0 radical (unpaired) electrons. The van der Waals surface area contributed by atoms with E-state index in [-0.39, 0.29) is 18.1 Å². The minimum Gasteiger partial charge on any atom is -0.394 e. The number of hydrogen-bond acceptors (Lipinski definition) is 4. The van der Waals surface area contributed by atoms with Gasteiger partial charge in [0.1, 0.15) is 4.99 Å². The highest BCUT2D eigenvalue weighted by Crippen LogP contribution is 1.99. The first-order valence-corrected chi connectivity index (χ1v) is 4.16. The van der Waals surface area contributed by atoms with Crippen molar-refractivity contribution in [2.75, 3.05) is 6.61 Å². The van der Waals surface area contributed by atoms with Gasteiger partial charge in [-0.3, -0.25) is 0 Å². The van der Waals surface area contributed by atoms with Gasteiger partial charge >= 0.3 is 0 Å². The van der Waals surface area contributed by atoms with Gasteiger partial charge in [0.25, 0.3) is 0 Å². The minimum atomic E-state index is -0.817. The van der Waals surface area contributed by atoms with Gasteiger partial charge in [0.2, 0.25) is 0 Å². The number of rotatable bonds is 4. The van der Waals surface area contributed by atoms with E-state index in [1.807, 2.05) is 0 Å². The van der Waals surface area contributed by atoms with Crippen molar-refractivity contribution < 1.29 is 10.2 Å². The normalized spacial score (nSPS) is 12.8. The molecule has 1 atom stereocenters. The van der Waals surface area contributed by atoms with Crippen LogP contribution >= 0.6 is 12.2 Å². The lowest BCUT2D eigenvalue weighted by molar-refractivity contribution is 0.0811. The van der Waals surface area contributed by atoms with E-state index in [9.17, 15) is 0 Å². The number of nitrogens with two attached hydrogens (primary N) is 1. The van der Waals surface area contributed by atoms with E-state index in [1.54, 1.807) is 17.0 Å². The average Bonchev–Trinajstić information content (AvgIpc) is 2.52. The van der Waals surface area contributed by atoms with Gasteiger partial charge in [-0.05, 0) is 0 Å². The van der Waals surface area contributed by atoms with Crippen molar-refractivity contribution in [3.05, 3.63) is 18.2 Å². The Balaban J connectivity index is 2.76. The summed E-state index contributed by atoms with van der Waals surface area (Å²) >= 11 is 4.74. The van der Waals surface area contributed by atoms with Gasteiger partial charge in [0.15, 0.2) is 5.82 Å². The predicted octanol–water partition coefficient (Wildman–Crippen LogP) is -1.13. The van der Waals surface area contributed by atoms with E-state index < -0.39 is 6.10 Å². The van der Waals surface area contributed by atoms with Crippen LogP contribution in [0, 0.1) is 0 Å². The summed E-state index contributed by atoms with van der Waals surface area (Å²) in [6.07, 6.45) is 2.37. The van der Waals surface area contributed by atoms with Gasteiger partial charge in [-0.15, -0.1) is 0 Å². The van der Waals surface area contributed by atoms with Crippen molar-refractivity contribution in [2.45, 2.75) is 12.6 Å². The van der Waals surface area contributed by atoms with Crippen LogP contribution in [0.25, 0.3) is 0 Å². The highest BCUT2D eigenvalue weighted by molar-refractivity contribution is 7.80. The zero-order valence-electron chi connectivity index (χ0n) is 6.92. The SMILES string of the molecule is NC(=S)c1nccn1CC(O)CO. The smallest absolute Gasteiger partial charge is 0.167 e. The predicted molar refractivity (Wildman–Crippen MR) is 51.2 cm³/mol. The number of imidazole rings is 1. The summed E-state index contributed by atoms with van der Waals surface area (Å²) in [6, 6.07) is 0. The molecule has 0 aliphatic carbocycles. The summed E-state index contributed by atoms with van der Waals surface area (Å²) in [5, 5.41) is 17.8. The Hall–Kier alpha value is -0.980. The highest BCUT2D eigenvalue weighted by atomic mass is 32.1. The standard InChI is InChI=1S/C7H11N3O2S/c8-6(13)7-9-1-2-10(7)3-5(12)4-11/h1-2,5,11-12H,3-4H2,(H2,8,13). The fraction of sp³-hybridized carbons (Fsp3) is 0.429. The van der Waals surface area contributed by atoms with Crippen LogP contribution in [-0.2, 0) is 6.54 Å². The monoisotopic (exact) mass is 201 g/mol. The Morgan fingerprint density at radius 1 is 1.77 bits per heavy atom. The molecule has 0 spiro atoms. The third-order valence-corrected chi connectivity index (χ3v) is 1.74. The van der Waals surface area contributed by atoms with E-state index in [4.69, 9.17) is 28.2 Å². The molecule has 1 heterocycles. The van der Waals surface area contributed by atoms with E-state index in [0.29, 0.717) is 5.82 Å². The number of aliphatic hydroxyl groups excluding tert-OH is 2. The summed E-state index contributed by atoms with van der Waals surface area (Å²) in [6.45, 7) is -0.0574. The first-order valence-electron chi connectivity index (χ1n) is 3.75. The van der Waals surface area contributed by atoms with Gasteiger partial charge in [0.05, 0.1) is 19.3 Å². The number of thiocarbonyl (C=S) groups is 1. The molecule has 0 saturated carbocycles. The molecule has 72 valence electrons. The van der Waals surface area contributed by atoms with Crippen LogP contribution in [0.5, 0.6) is 0 Å². The molecule has 5 nitrogen and oxygen atoms in total. The first-order chi connectivity index (χ1) is 6.15. The van der Waals surface area contributed by atoms with Gasteiger partial charge in [0, 0.05) is 12.4 Å². The lowest BCUT2D eigenvalue weighted by Crippen LogP contribution is -2.24. The minimum absolute atomic E-state index is 0.176. The lowest BCUT2D eigenvalue weighted by Gasteiger charge is -2.09. The van der Waals surface area contributed by atoms with Crippen LogP contribution in [0.1, 0.15) is 5.82 Å². The van der Waals surface area contributed by atoms with Crippen molar-refractivity contribution >= 4 is 17.2 Å². The average molecular weight is 201 g/mol. The third-order valence-electron chi connectivity index (χ3n) is 1.55. The highest BCUT2D eigenvalue weighted by Gasteiger charge is 2.09. The molecule has 0 fully saturated rings. The van der Waals surface area contributed by atoms with Crippen molar-refractivity contribution in [3.8, 4) is 0 Å². The summed E-state index contributed by atoms with van der Waals surface area (Å²) in [5.74, 6) is 0.447. The van der Waals surface area contributed by atoms with Crippen LogP contribution < -0.4 is 5.73 Å². The molecule has 1 aromatic rings. The van der Waals surface area contributed by atoms with E-state index in [2.05, 4.69) is 4.98 Å². The number of nitrogens with zero attached hydrogens (tertiary/aromatic N) is 2. The Morgan fingerprint density at radius 2 is 2.46 bits per heavy atom. The largest absolute Gasteiger partial charge is 0.394 e. The van der Waals surface area contributed by atoms with Crippen molar-refractivity contribution in [1.29, 1.82) is 0 Å². The summed E-state index contributed by atoms with van der Waals surface area (Å²) < 4.78 is 1.60. The molecule has 1 rings (SSSR count). The zero-order chi connectivity index (χ0) is 9.84. The Bertz CT molecular complexity index is 300. The topological polar surface area (TPSA) is 84.3 Å². The number of aromatic nitrogens is 2. The summed E-state index contributed by atoms with van der Waals surface area (Å²) in [7, 11) is 0. The quantitative estimate of drug-likeness (QED) is 0.537. The fourth-order valence-corrected chi connectivity index (χ4v) is 1.14.